The Bertz CT molecular complexity index is 790. The molecule has 0 aliphatic rings. The second-order valence-electron chi connectivity index (χ2n) is 4.01. The molecular weight excluding hydrogens is 369 g/mol. The third-order valence-corrected chi connectivity index (χ3v) is 2.75. The number of rotatable bonds is 0. The first-order chi connectivity index (χ1) is 8.16. The van der Waals surface area contributed by atoms with E-state index in [4.69, 9.17) is 4.42 Å². The van der Waals surface area contributed by atoms with Gasteiger partial charge >= 0.3 is 0 Å². The molecule has 3 rings (SSSR count). The molecule has 1 N–H and O–H groups in total. The maximum atomic E-state index is 11.7. The van der Waals surface area contributed by atoms with Crippen LogP contribution in [0.3, 0.4) is 0 Å². The molecule has 0 saturated carbocycles. The number of phenolic OH excluding ortho intramolecular Hbond substituents is 1. The molecule has 4 heteroatoms. The van der Waals surface area contributed by atoms with Crippen LogP contribution < -0.4 is 5.63 Å². The summed E-state index contributed by atoms with van der Waals surface area (Å²) in [6.45, 7) is 1.83. The van der Waals surface area contributed by atoms with Crippen LogP contribution in [0, 0.1) is 61.7 Å². The first-order valence-corrected chi connectivity index (χ1v) is 5.23. The SMILES string of the molecule is Cc1cc(O)c2c(c1)oc(=O)c1ccc[c-]c12.[CH3-].[Pr]. The van der Waals surface area contributed by atoms with E-state index in [1.807, 2.05) is 6.92 Å². The second-order valence-corrected chi connectivity index (χ2v) is 4.01. The van der Waals surface area contributed by atoms with Gasteiger partial charge in [0.25, 0.3) is 5.63 Å². The van der Waals surface area contributed by atoms with E-state index in [2.05, 4.69) is 6.07 Å². The zero-order valence-corrected chi connectivity index (χ0v) is 14.4. The van der Waals surface area contributed by atoms with Crippen molar-refractivity contribution in [2.24, 2.45) is 0 Å². The van der Waals surface area contributed by atoms with E-state index in [-0.39, 0.29) is 54.5 Å². The van der Waals surface area contributed by atoms with Crippen molar-refractivity contribution >= 4 is 21.7 Å². The Labute approximate surface area is 144 Å². The van der Waals surface area contributed by atoms with Crippen LogP contribution in [0.5, 0.6) is 5.75 Å². The molecule has 0 atom stereocenters. The molecule has 0 aliphatic heterocycles. The van der Waals surface area contributed by atoms with Crippen LogP contribution in [0.4, 0.5) is 0 Å². The predicted octanol–water partition coefficient (Wildman–Crippen LogP) is 3.21. The second kappa shape index (κ2) is 6.02. The molecule has 0 bridgehead atoms. The fourth-order valence-electron chi connectivity index (χ4n) is 2.04. The van der Waals surface area contributed by atoms with Crippen LogP contribution in [-0.2, 0) is 0 Å². The van der Waals surface area contributed by atoms with Crippen molar-refractivity contribution in [3.8, 4) is 5.75 Å². The normalized spacial score (nSPS) is 9.95. The molecule has 1 heterocycles. The molecule has 0 amide bonds. The topological polar surface area (TPSA) is 50.4 Å². The number of aryl methyl sites for hydroxylation is 1. The van der Waals surface area contributed by atoms with Crippen molar-refractivity contribution in [3.63, 3.8) is 0 Å². The van der Waals surface area contributed by atoms with Gasteiger partial charge in [-0.05, 0) is 35.4 Å². The summed E-state index contributed by atoms with van der Waals surface area (Å²) >= 11 is 0. The maximum absolute atomic E-state index is 11.7. The maximum Gasteiger partial charge on any atom is 0.299 e. The van der Waals surface area contributed by atoms with Crippen LogP contribution in [0.2, 0.25) is 0 Å². The van der Waals surface area contributed by atoms with E-state index < -0.39 is 5.63 Å². The van der Waals surface area contributed by atoms with Gasteiger partial charge in [-0.3, -0.25) is 4.79 Å². The molecule has 2 aromatic carbocycles. The number of aromatic hydroxyl groups is 1. The molecule has 0 saturated heterocycles. The molecule has 0 aliphatic carbocycles. The molecule has 3 nitrogen and oxygen atoms in total. The van der Waals surface area contributed by atoms with Gasteiger partial charge in [-0.1, -0.05) is 0 Å². The van der Waals surface area contributed by atoms with Gasteiger partial charge in [0.2, 0.25) is 0 Å². The van der Waals surface area contributed by atoms with E-state index in [9.17, 15) is 9.90 Å². The Balaban J connectivity index is 0.000000902. The van der Waals surface area contributed by atoms with Crippen LogP contribution in [0.15, 0.2) is 39.5 Å². The third-order valence-electron chi connectivity index (χ3n) is 2.75. The molecular formula is C15H12O3Pr-2. The number of hydrogen-bond donors (Lipinski definition) is 1. The van der Waals surface area contributed by atoms with E-state index in [0.717, 1.165) is 5.56 Å². The molecule has 0 spiro atoms. The third kappa shape index (κ3) is 2.68. The fraction of sp³-hybridized carbons (Fsp3) is 0.0667. The number of hydrogen-bond acceptors (Lipinski definition) is 3. The summed E-state index contributed by atoms with van der Waals surface area (Å²) < 4.78 is 5.20. The molecule has 19 heavy (non-hydrogen) atoms. The van der Waals surface area contributed by atoms with Crippen molar-refractivity contribution in [3.05, 3.63) is 59.8 Å². The average Bonchev–Trinajstić information content (AvgIpc) is 2.28. The molecule has 0 fully saturated rings. The quantitative estimate of drug-likeness (QED) is 0.370. The predicted molar refractivity (Wildman–Crippen MR) is 71.6 cm³/mol. The summed E-state index contributed by atoms with van der Waals surface area (Å²) in [6.07, 6.45) is 0. The average molecular weight is 381 g/mol. The standard InChI is InChI=1S/C14H9O3.CH3.Pr/c1-8-6-11(15)13-9-4-2-3-5-10(9)14(16)17-12(13)7-8;;/h2-3,5-7,15H,1H3;1H3;/q2*-1;. The Morgan fingerprint density at radius 2 is 2.05 bits per heavy atom. The Morgan fingerprint density at radius 3 is 2.79 bits per heavy atom. The summed E-state index contributed by atoms with van der Waals surface area (Å²) in [7, 11) is 0. The number of benzene rings is 2. The van der Waals surface area contributed by atoms with Gasteiger partial charge in [0.1, 0.15) is 5.58 Å². The first-order valence-electron chi connectivity index (χ1n) is 5.23. The van der Waals surface area contributed by atoms with E-state index in [1.165, 1.54) is 0 Å². The van der Waals surface area contributed by atoms with Gasteiger partial charge in [0.15, 0.2) is 0 Å². The summed E-state index contributed by atoms with van der Waals surface area (Å²) in [6, 6.07) is 11.4. The van der Waals surface area contributed by atoms with Crippen molar-refractivity contribution in [1.82, 2.24) is 0 Å². The molecule has 0 unspecified atom stereocenters. The minimum atomic E-state index is -0.408. The Hall–Kier alpha value is -0.926. The van der Waals surface area contributed by atoms with Crippen molar-refractivity contribution in [2.75, 3.05) is 0 Å². The minimum Gasteiger partial charge on any atom is -0.517 e. The van der Waals surface area contributed by atoms with E-state index in [0.29, 0.717) is 21.7 Å². The van der Waals surface area contributed by atoms with Gasteiger partial charge in [-0.25, -0.2) is 0 Å². The summed E-state index contributed by atoms with van der Waals surface area (Å²) in [5, 5.41) is 11.5. The molecule has 1 aromatic heterocycles. The largest absolute Gasteiger partial charge is 0.517 e. The fourth-order valence-corrected chi connectivity index (χ4v) is 2.04. The Kier molecular flexibility index (Phi) is 5.11. The number of fused-ring (bicyclic) bond motifs is 3. The summed E-state index contributed by atoms with van der Waals surface area (Å²) in [5.74, 6) is 0.108. The smallest absolute Gasteiger partial charge is 0.299 e. The zero-order valence-electron chi connectivity index (χ0n) is 10.7. The van der Waals surface area contributed by atoms with Crippen molar-refractivity contribution in [2.45, 2.75) is 6.92 Å². The summed E-state index contributed by atoms with van der Waals surface area (Å²) in [4.78, 5) is 11.7. The van der Waals surface area contributed by atoms with Gasteiger partial charge in [-0.2, -0.15) is 0 Å². The van der Waals surface area contributed by atoms with Gasteiger partial charge < -0.3 is 17.0 Å². The molecule has 95 valence electrons. The van der Waals surface area contributed by atoms with E-state index >= 15 is 0 Å². The van der Waals surface area contributed by atoms with Crippen LogP contribution in [0.25, 0.3) is 21.7 Å². The van der Waals surface area contributed by atoms with Crippen molar-refractivity contribution < 1.29 is 50.8 Å². The zero-order chi connectivity index (χ0) is 12.0. The van der Waals surface area contributed by atoms with Gasteiger partial charge in [0, 0.05) is 41.3 Å². The van der Waals surface area contributed by atoms with Crippen LogP contribution in [-0.4, -0.2) is 5.11 Å². The number of phenols is 1. The first kappa shape index (κ1) is 16.1. The molecule has 3 aromatic rings. The van der Waals surface area contributed by atoms with E-state index in [1.54, 1.807) is 30.3 Å². The van der Waals surface area contributed by atoms with Gasteiger partial charge in [0.05, 0.1) is 5.75 Å². The van der Waals surface area contributed by atoms with Crippen LogP contribution >= 0.6 is 0 Å². The van der Waals surface area contributed by atoms with Crippen LogP contribution in [0.1, 0.15) is 5.56 Å². The summed E-state index contributed by atoms with van der Waals surface area (Å²) in [5.41, 5.74) is 0.824. The Morgan fingerprint density at radius 1 is 1.32 bits per heavy atom. The van der Waals surface area contributed by atoms with Crippen molar-refractivity contribution in [1.29, 1.82) is 0 Å². The monoisotopic (exact) mass is 381 g/mol. The van der Waals surface area contributed by atoms with Gasteiger partial charge in [-0.15, -0.1) is 29.7 Å². The minimum absolute atomic E-state index is 0. The molecule has 1 radical (unpaired) electrons.